The van der Waals surface area contributed by atoms with Gasteiger partial charge >= 0.3 is 0 Å². The fourth-order valence-electron chi connectivity index (χ4n) is 3.01. The molecule has 0 amide bonds. The summed E-state index contributed by atoms with van der Waals surface area (Å²) in [5.74, 6) is 1.08. The van der Waals surface area contributed by atoms with E-state index < -0.39 is 5.82 Å². The van der Waals surface area contributed by atoms with Gasteiger partial charge in [-0.25, -0.2) is 9.37 Å². The summed E-state index contributed by atoms with van der Waals surface area (Å²) in [6, 6.07) is 14.2. The van der Waals surface area contributed by atoms with Crippen molar-refractivity contribution in [1.82, 2.24) is 14.6 Å². The average Bonchev–Trinajstić information content (AvgIpc) is 3.18. The number of benzene rings is 2. The monoisotopic (exact) mass is 382 g/mol. The highest BCUT2D eigenvalue weighted by molar-refractivity contribution is 6.31. The molecule has 7 heteroatoms. The Balaban J connectivity index is 1.77. The van der Waals surface area contributed by atoms with Crippen molar-refractivity contribution in [3.05, 3.63) is 71.8 Å². The number of aromatic nitrogens is 3. The van der Waals surface area contributed by atoms with Gasteiger partial charge in [-0.05, 0) is 41.5 Å². The molecule has 0 aliphatic heterocycles. The SMILES string of the molecule is COc1cc(-c2ccc(F)c(Cl)c2)ccc1N(C)c1ccnc2ccnn12. The van der Waals surface area contributed by atoms with Gasteiger partial charge in [0.05, 0.1) is 24.0 Å². The van der Waals surface area contributed by atoms with Gasteiger partial charge in [-0.3, -0.25) is 0 Å². The molecule has 4 rings (SSSR count). The van der Waals surface area contributed by atoms with Crippen LogP contribution in [0.2, 0.25) is 5.02 Å². The van der Waals surface area contributed by atoms with Gasteiger partial charge in [0.1, 0.15) is 17.4 Å². The average molecular weight is 383 g/mol. The predicted molar refractivity (Wildman–Crippen MR) is 104 cm³/mol. The maximum absolute atomic E-state index is 13.4. The predicted octanol–water partition coefficient (Wildman–Crippen LogP) is 4.97. The second kappa shape index (κ2) is 6.89. The van der Waals surface area contributed by atoms with E-state index in [-0.39, 0.29) is 5.02 Å². The highest BCUT2D eigenvalue weighted by atomic mass is 35.5. The van der Waals surface area contributed by atoms with Crippen molar-refractivity contribution >= 4 is 28.8 Å². The zero-order chi connectivity index (χ0) is 19.0. The fourth-order valence-corrected chi connectivity index (χ4v) is 3.19. The lowest BCUT2D eigenvalue weighted by molar-refractivity contribution is 0.416. The summed E-state index contributed by atoms with van der Waals surface area (Å²) in [6.07, 6.45) is 3.45. The molecule has 0 saturated heterocycles. The molecule has 27 heavy (non-hydrogen) atoms. The maximum atomic E-state index is 13.4. The smallest absolute Gasteiger partial charge is 0.157 e. The summed E-state index contributed by atoms with van der Waals surface area (Å²) in [5, 5.41) is 4.41. The van der Waals surface area contributed by atoms with Crippen LogP contribution in [0.1, 0.15) is 0 Å². The van der Waals surface area contributed by atoms with Crippen LogP contribution in [0.4, 0.5) is 15.9 Å². The third-order valence-corrected chi connectivity index (χ3v) is 4.70. The molecule has 0 bridgehead atoms. The molecule has 0 fully saturated rings. The summed E-state index contributed by atoms with van der Waals surface area (Å²) < 4.78 is 20.8. The van der Waals surface area contributed by atoms with E-state index in [9.17, 15) is 4.39 Å². The van der Waals surface area contributed by atoms with Crippen LogP contribution in [-0.2, 0) is 0 Å². The van der Waals surface area contributed by atoms with E-state index >= 15 is 0 Å². The number of fused-ring (bicyclic) bond motifs is 1. The van der Waals surface area contributed by atoms with E-state index in [1.165, 1.54) is 6.07 Å². The minimum atomic E-state index is -0.440. The molecule has 5 nitrogen and oxygen atoms in total. The first-order valence-electron chi connectivity index (χ1n) is 8.24. The zero-order valence-corrected chi connectivity index (χ0v) is 15.5. The molecule has 136 valence electrons. The second-order valence-corrected chi connectivity index (χ2v) is 6.39. The summed E-state index contributed by atoms with van der Waals surface area (Å²) in [7, 11) is 3.55. The molecule has 0 spiro atoms. The van der Waals surface area contributed by atoms with Gasteiger partial charge in [-0.1, -0.05) is 23.7 Å². The Morgan fingerprint density at radius 3 is 2.59 bits per heavy atom. The molecular formula is C20H16ClFN4O. The van der Waals surface area contributed by atoms with Crippen molar-refractivity contribution in [2.75, 3.05) is 19.1 Å². The van der Waals surface area contributed by atoms with Crippen LogP contribution in [-0.4, -0.2) is 28.8 Å². The molecular weight excluding hydrogens is 367 g/mol. The van der Waals surface area contributed by atoms with Crippen molar-refractivity contribution in [3.63, 3.8) is 0 Å². The van der Waals surface area contributed by atoms with Gasteiger partial charge in [0.25, 0.3) is 0 Å². The van der Waals surface area contributed by atoms with Crippen molar-refractivity contribution < 1.29 is 9.13 Å². The number of rotatable bonds is 4. The van der Waals surface area contributed by atoms with E-state index in [1.54, 1.807) is 36.2 Å². The topological polar surface area (TPSA) is 42.7 Å². The summed E-state index contributed by atoms with van der Waals surface area (Å²) >= 11 is 5.91. The molecule has 0 saturated carbocycles. The minimum absolute atomic E-state index is 0.0884. The Hall–Kier alpha value is -3.12. The van der Waals surface area contributed by atoms with E-state index in [0.29, 0.717) is 5.75 Å². The Kier molecular flexibility index (Phi) is 4.41. The second-order valence-electron chi connectivity index (χ2n) is 5.98. The minimum Gasteiger partial charge on any atom is -0.495 e. The quantitative estimate of drug-likeness (QED) is 0.500. The third kappa shape index (κ3) is 3.08. The number of anilines is 2. The van der Waals surface area contributed by atoms with E-state index in [0.717, 1.165) is 28.3 Å². The standard InChI is InChI=1S/C20H16ClFN4O/c1-25(20-8-9-23-19-7-10-24-26(19)20)17-6-4-14(12-18(17)27-2)13-3-5-16(22)15(21)11-13/h3-12H,1-2H3. The van der Waals surface area contributed by atoms with E-state index in [4.69, 9.17) is 16.3 Å². The highest BCUT2D eigenvalue weighted by Gasteiger charge is 2.15. The van der Waals surface area contributed by atoms with Crippen LogP contribution >= 0.6 is 11.6 Å². The summed E-state index contributed by atoms with van der Waals surface area (Å²) in [4.78, 5) is 6.26. The highest BCUT2D eigenvalue weighted by Crippen LogP contribution is 2.36. The first-order valence-corrected chi connectivity index (χ1v) is 8.62. The third-order valence-electron chi connectivity index (χ3n) is 4.41. The Bertz CT molecular complexity index is 1130. The lowest BCUT2D eigenvalue weighted by Crippen LogP contribution is -2.15. The van der Waals surface area contributed by atoms with Crippen LogP contribution < -0.4 is 9.64 Å². The van der Waals surface area contributed by atoms with Crippen LogP contribution in [0.25, 0.3) is 16.8 Å². The molecule has 0 unspecified atom stereocenters. The fraction of sp³-hybridized carbons (Fsp3) is 0.100. The molecule has 4 aromatic rings. The van der Waals surface area contributed by atoms with E-state index in [1.807, 2.05) is 42.3 Å². The van der Waals surface area contributed by atoms with Gasteiger partial charge in [0, 0.05) is 19.3 Å². The lowest BCUT2D eigenvalue weighted by atomic mass is 10.0. The van der Waals surface area contributed by atoms with Gasteiger partial charge in [-0.15, -0.1) is 0 Å². The number of hydrogen-bond donors (Lipinski definition) is 0. The van der Waals surface area contributed by atoms with Gasteiger partial charge < -0.3 is 9.64 Å². The summed E-state index contributed by atoms with van der Waals surface area (Å²) in [6.45, 7) is 0. The van der Waals surface area contributed by atoms with Gasteiger partial charge in [0.15, 0.2) is 5.65 Å². The van der Waals surface area contributed by atoms with Crippen molar-refractivity contribution in [2.24, 2.45) is 0 Å². The number of nitrogens with zero attached hydrogens (tertiary/aromatic N) is 4. The van der Waals surface area contributed by atoms with Crippen molar-refractivity contribution in [2.45, 2.75) is 0 Å². The lowest BCUT2D eigenvalue weighted by Gasteiger charge is -2.22. The number of ether oxygens (including phenoxy) is 1. The molecule has 2 heterocycles. The van der Waals surface area contributed by atoms with Crippen molar-refractivity contribution in [1.29, 1.82) is 0 Å². The number of halogens is 2. The Morgan fingerprint density at radius 1 is 1.04 bits per heavy atom. The summed E-state index contributed by atoms with van der Waals surface area (Å²) in [5.41, 5.74) is 3.31. The Morgan fingerprint density at radius 2 is 1.81 bits per heavy atom. The van der Waals surface area contributed by atoms with Crippen LogP contribution in [0.5, 0.6) is 5.75 Å². The van der Waals surface area contributed by atoms with Crippen LogP contribution in [0.3, 0.4) is 0 Å². The molecule has 0 aliphatic rings. The molecule has 2 aromatic heterocycles. The van der Waals surface area contributed by atoms with E-state index in [2.05, 4.69) is 10.1 Å². The van der Waals surface area contributed by atoms with Gasteiger partial charge in [-0.2, -0.15) is 9.61 Å². The molecule has 2 aromatic carbocycles. The van der Waals surface area contributed by atoms with Crippen LogP contribution in [0.15, 0.2) is 60.9 Å². The molecule has 0 N–H and O–H groups in total. The van der Waals surface area contributed by atoms with Crippen LogP contribution in [0, 0.1) is 5.82 Å². The number of hydrogen-bond acceptors (Lipinski definition) is 4. The van der Waals surface area contributed by atoms with Gasteiger partial charge in [0.2, 0.25) is 0 Å². The molecule has 0 atom stereocenters. The Labute approximate surface area is 160 Å². The molecule has 0 radical (unpaired) electrons. The first-order chi connectivity index (χ1) is 13.1. The zero-order valence-electron chi connectivity index (χ0n) is 14.7. The maximum Gasteiger partial charge on any atom is 0.157 e. The van der Waals surface area contributed by atoms with Crippen molar-refractivity contribution in [3.8, 4) is 16.9 Å². The normalized spacial score (nSPS) is 11.0. The molecule has 0 aliphatic carbocycles. The largest absolute Gasteiger partial charge is 0.495 e. The number of methoxy groups -OCH3 is 1. The first kappa shape index (κ1) is 17.3.